The van der Waals surface area contributed by atoms with Gasteiger partial charge in [0.1, 0.15) is 10.6 Å². The van der Waals surface area contributed by atoms with Crippen molar-refractivity contribution in [2.75, 3.05) is 19.5 Å². The molecule has 0 aliphatic heterocycles. The Morgan fingerprint density at radius 2 is 2.00 bits per heavy atom. The molecule has 0 amide bonds. The van der Waals surface area contributed by atoms with Gasteiger partial charge in [-0.05, 0) is 26.0 Å². The average Bonchev–Trinajstić information content (AvgIpc) is 2.44. The van der Waals surface area contributed by atoms with Crippen LogP contribution in [0.3, 0.4) is 0 Å². The van der Waals surface area contributed by atoms with Gasteiger partial charge in [-0.1, -0.05) is 0 Å². The number of benzene rings is 1. The molecular weight excluding hydrogens is 276 g/mol. The molecule has 1 heterocycles. The van der Waals surface area contributed by atoms with Gasteiger partial charge < -0.3 is 10.1 Å². The Morgan fingerprint density at radius 3 is 2.55 bits per heavy atom. The maximum atomic E-state index is 12.4. The van der Waals surface area contributed by atoms with E-state index in [4.69, 9.17) is 4.74 Å². The van der Waals surface area contributed by atoms with Crippen molar-refractivity contribution in [1.29, 1.82) is 0 Å². The Bertz CT molecular complexity index is 739. The fourth-order valence-corrected chi connectivity index (χ4v) is 3.22. The highest BCUT2D eigenvalue weighted by Crippen LogP contribution is 2.33. The van der Waals surface area contributed by atoms with Crippen LogP contribution in [0.2, 0.25) is 0 Å². The van der Waals surface area contributed by atoms with Crippen LogP contribution >= 0.6 is 0 Å². The van der Waals surface area contributed by atoms with Crippen molar-refractivity contribution in [3.05, 3.63) is 24.4 Å². The predicted molar refractivity (Wildman–Crippen MR) is 80.2 cm³/mol. The lowest BCUT2D eigenvalue weighted by Crippen LogP contribution is -2.15. The predicted octanol–water partition coefficient (Wildman–Crippen LogP) is 2.47. The van der Waals surface area contributed by atoms with Crippen molar-refractivity contribution in [3.8, 4) is 5.75 Å². The monoisotopic (exact) mass is 294 g/mol. The van der Waals surface area contributed by atoms with Crippen molar-refractivity contribution in [1.82, 2.24) is 4.98 Å². The SMILES string of the molecule is CNc1ccnc2cc(OC)c(S(=O)(=O)C(C)C)cc12. The molecule has 0 atom stereocenters. The molecule has 2 rings (SSSR count). The molecule has 5 nitrogen and oxygen atoms in total. The quantitative estimate of drug-likeness (QED) is 0.938. The van der Waals surface area contributed by atoms with Gasteiger partial charge in [0.25, 0.3) is 0 Å². The van der Waals surface area contributed by atoms with Gasteiger partial charge in [0.2, 0.25) is 0 Å². The minimum atomic E-state index is -3.42. The van der Waals surface area contributed by atoms with Crippen LogP contribution in [0.5, 0.6) is 5.75 Å². The summed E-state index contributed by atoms with van der Waals surface area (Å²) in [6.07, 6.45) is 1.67. The summed E-state index contributed by atoms with van der Waals surface area (Å²) in [5.41, 5.74) is 1.52. The highest BCUT2D eigenvalue weighted by molar-refractivity contribution is 7.92. The third-order valence-corrected chi connectivity index (χ3v) is 5.40. The molecule has 0 bridgehead atoms. The van der Waals surface area contributed by atoms with Gasteiger partial charge in [0, 0.05) is 30.4 Å². The van der Waals surface area contributed by atoms with E-state index >= 15 is 0 Å². The van der Waals surface area contributed by atoms with E-state index in [1.807, 2.05) is 0 Å². The van der Waals surface area contributed by atoms with Crippen LogP contribution in [-0.2, 0) is 9.84 Å². The second-order valence-electron chi connectivity index (χ2n) is 4.72. The number of anilines is 1. The second-order valence-corrected chi connectivity index (χ2v) is 7.20. The molecule has 0 unspecified atom stereocenters. The van der Waals surface area contributed by atoms with E-state index in [0.717, 1.165) is 11.1 Å². The fourth-order valence-electron chi connectivity index (χ4n) is 2.01. The third kappa shape index (κ3) is 2.31. The Balaban J connectivity index is 2.84. The van der Waals surface area contributed by atoms with Crippen LogP contribution in [0.4, 0.5) is 5.69 Å². The Kier molecular flexibility index (Phi) is 3.85. The summed E-state index contributed by atoms with van der Waals surface area (Å²) in [6.45, 7) is 3.31. The molecule has 1 aromatic carbocycles. The number of ether oxygens (including phenoxy) is 1. The normalized spacial score (nSPS) is 11.8. The number of aromatic nitrogens is 1. The molecule has 0 radical (unpaired) electrons. The molecule has 1 aromatic heterocycles. The molecule has 1 N–H and O–H groups in total. The van der Waals surface area contributed by atoms with Gasteiger partial charge in [-0.2, -0.15) is 0 Å². The molecule has 6 heteroatoms. The van der Waals surface area contributed by atoms with Gasteiger partial charge in [0.05, 0.1) is 17.9 Å². The number of hydrogen-bond donors (Lipinski definition) is 1. The van der Waals surface area contributed by atoms with Gasteiger partial charge in [-0.15, -0.1) is 0 Å². The maximum absolute atomic E-state index is 12.4. The molecule has 20 heavy (non-hydrogen) atoms. The first-order valence-corrected chi connectivity index (χ1v) is 7.85. The van der Waals surface area contributed by atoms with Crippen LogP contribution in [-0.4, -0.2) is 32.8 Å². The molecule has 0 saturated heterocycles. The van der Waals surface area contributed by atoms with Crippen molar-refractivity contribution < 1.29 is 13.2 Å². The van der Waals surface area contributed by atoms with Crippen molar-refractivity contribution >= 4 is 26.4 Å². The molecule has 0 saturated carbocycles. The molecular formula is C14H18N2O3S. The summed E-state index contributed by atoms with van der Waals surface area (Å²) < 4.78 is 30.1. The third-order valence-electron chi connectivity index (χ3n) is 3.22. The lowest BCUT2D eigenvalue weighted by Gasteiger charge is -2.14. The number of nitrogens with one attached hydrogen (secondary N) is 1. The number of methoxy groups -OCH3 is 1. The van der Waals surface area contributed by atoms with Gasteiger partial charge >= 0.3 is 0 Å². The minimum absolute atomic E-state index is 0.201. The standard InChI is InChI=1S/C14H18N2O3S/c1-9(2)20(17,18)14-7-10-11(15-3)5-6-16-12(10)8-13(14)19-4/h5-9H,1-4H3,(H,15,16). The first-order valence-electron chi connectivity index (χ1n) is 6.30. The average molecular weight is 294 g/mol. The Labute approximate surface area is 118 Å². The number of nitrogens with zero attached hydrogens (tertiary/aromatic N) is 1. The van der Waals surface area contributed by atoms with E-state index in [1.165, 1.54) is 7.11 Å². The summed E-state index contributed by atoms with van der Waals surface area (Å²) in [5, 5.41) is 3.29. The number of hydrogen-bond acceptors (Lipinski definition) is 5. The Morgan fingerprint density at radius 1 is 1.30 bits per heavy atom. The highest BCUT2D eigenvalue weighted by Gasteiger charge is 2.24. The minimum Gasteiger partial charge on any atom is -0.495 e. The second kappa shape index (κ2) is 5.28. The van der Waals surface area contributed by atoms with Crippen molar-refractivity contribution in [2.45, 2.75) is 24.0 Å². The summed E-state index contributed by atoms with van der Waals surface area (Å²) >= 11 is 0. The van der Waals surface area contributed by atoms with Crippen LogP contribution < -0.4 is 10.1 Å². The van der Waals surface area contributed by atoms with E-state index in [0.29, 0.717) is 11.3 Å². The van der Waals surface area contributed by atoms with Crippen LogP contribution in [0.25, 0.3) is 10.9 Å². The highest BCUT2D eigenvalue weighted by atomic mass is 32.2. The fraction of sp³-hybridized carbons (Fsp3) is 0.357. The maximum Gasteiger partial charge on any atom is 0.184 e. The Hall–Kier alpha value is -1.82. The van der Waals surface area contributed by atoms with Gasteiger partial charge in [0.15, 0.2) is 9.84 Å². The molecule has 0 fully saturated rings. The number of sulfone groups is 1. The number of fused-ring (bicyclic) bond motifs is 1. The van der Waals surface area contributed by atoms with E-state index in [2.05, 4.69) is 10.3 Å². The molecule has 0 aliphatic carbocycles. The van der Waals surface area contributed by atoms with E-state index < -0.39 is 15.1 Å². The van der Waals surface area contributed by atoms with E-state index in [9.17, 15) is 8.42 Å². The van der Waals surface area contributed by atoms with Crippen molar-refractivity contribution in [3.63, 3.8) is 0 Å². The molecule has 108 valence electrons. The number of rotatable bonds is 4. The largest absolute Gasteiger partial charge is 0.495 e. The summed E-state index contributed by atoms with van der Waals surface area (Å²) in [7, 11) is -0.169. The van der Waals surface area contributed by atoms with E-state index in [1.54, 1.807) is 45.3 Å². The summed E-state index contributed by atoms with van der Waals surface area (Å²) in [6, 6.07) is 5.09. The zero-order valence-corrected chi connectivity index (χ0v) is 12.8. The number of pyridine rings is 1. The van der Waals surface area contributed by atoms with Crippen LogP contribution in [0, 0.1) is 0 Å². The molecule has 0 spiro atoms. The van der Waals surface area contributed by atoms with Gasteiger partial charge in [-0.3, -0.25) is 4.98 Å². The smallest absolute Gasteiger partial charge is 0.184 e. The molecule has 0 aliphatic rings. The zero-order valence-electron chi connectivity index (χ0n) is 12.0. The van der Waals surface area contributed by atoms with Crippen LogP contribution in [0.1, 0.15) is 13.8 Å². The molecule has 2 aromatic rings. The van der Waals surface area contributed by atoms with Gasteiger partial charge in [-0.25, -0.2) is 8.42 Å². The first kappa shape index (κ1) is 14.6. The lowest BCUT2D eigenvalue weighted by molar-refractivity contribution is 0.403. The lowest BCUT2D eigenvalue weighted by atomic mass is 10.2. The topological polar surface area (TPSA) is 68.3 Å². The van der Waals surface area contributed by atoms with Crippen LogP contribution in [0.15, 0.2) is 29.3 Å². The zero-order chi connectivity index (χ0) is 14.9. The summed E-state index contributed by atoms with van der Waals surface area (Å²) in [5.74, 6) is 0.326. The van der Waals surface area contributed by atoms with E-state index in [-0.39, 0.29) is 4.90 Å². The van der Waals surface area contributed by atoms with Crippen molar-refractivity contribution in [2.24, 2.45) is 0 Å². The summed E-state index contributed by atoms with van der Waals surface area (Å²) in [4.78, 5) is 4.45. The first-order chi connectivity index (χ1) is 9.41.